The van der Waals surface area contributed by atoms with Crippen LogP contribution in [0.1, 0.15) is 0 Å². The smallest absolute Gasteiger partial charge is 0.281 e. The molecule has 0 N–H and O–H groups in total. The molecule has 0 aliphatic heterocycles. The molecule has 0 bridgehead atoms. The third-order valence-electron chi connectivity index (χ3n) is 4.63. The van der Waals surface area contributed by atoms with Gasteiger partial charge in [0.2, 0.25) is 0 Å². The highest BCUT2D eigenvalue weighted by molar-refractivity contribution is 5.96. The van der Waals surface area contributed by atoms with Gasteiger partial charge in [-0.3, -0.25) is 4.79 Å². The summed E-state index contributed by atoms with van der Waals surface area (Å²) < 4.78 is 1.99. The third-order valence-corrected chi connectivity index (χ3v) is 4.63. The van der Waals surface area contributed by atoms with Crippen LogP contribution in [-0.4, -0.2) is 9.38 Å². The second-order valence-electron chi connectivity index (χ2n) is 6.11. The van der Waals surface area contributed by atoms with E-state index >= 15 is 0 Å². The van der Waals surface area contributed by atoms with Gasteiger partial charge in [0.25, 0.3) is 5.56 Å². The molecule has 0 aliphatic rings. The normalized spacial score (nSPS) is 11.4. The van der Waals surface area contributed by atoms with Crippen LogP contribution in [0, 0.1) is 0 Å². The van der Waals surface area contributed by atoms with Crippen LogP contribution < -0.4 is 5.56 Å². The number of pyridine rings is 1. The minimum Gasteiger partial charge on any atom is -0.300 e. The van der Waals surface area contributed by atoms with E-state index < -0.39 is 0 Å². The summed E-state index contributed by atoms with van der Waals surface area (Å²) in [7, 11) is 0. The van der Waals surface area contributed by atoms with E-state index in [2.05, 4.69) is 17.1 Å². The predicted octanol–water partition coefficient (Wildman–Crippen LogP) is 4.67. The van der Waals surface area contributed by atoms with Gasteiger partial charge < -0.3 is 4.40 Å². The highest BCUT2D eigenvalue weighted by Crippen LogP contribution is 2.25. The molecule has 3 heteroatoms. The summed E-state index contributed by atoms with van der Waals surface area (Å²) in [5, 5.41) is 2.69. The monoisotopic (exact) mass is 322 g/mol. The molecule has 2 aromatic heterocycles. The molecule has 0 fully saturated rings. The lowest BCUT2D eigenvalue weighted by atomic mass is 10.0. The second kappa shape index (κ2) is 5.28. The molecule has 118 valence electrons. The van der Waals surface area contributed by atoms with Crippen molar-refractivity contribution in [1.82, 2.24) is 9.38 Å². The minimum atomic E-state index is -0.191. The van der Waals surface area contributed by atoms with Crippen LogP contribution in [0.2, 0.25) is 0 Å². The molecule has 0 saturated carbocycles. The van der Waals surface area contributed by atoms with E-state index in [9.17, 15) is 4.79 Å². The van der Waals surface area contributed by atoms with Crippen molar-refractivity contribution in [3.8, 4) is 11.1 Å². The maximum Gasteiger partial charge on any atom is 0.281 e. The van der Waals surface area contributed by atoms with E-state index in [-0.39, 0.29) is 5.56 Å². The molecular formula is C22H14N2O. The Kier molecular flexibility index (Phi) is 2.94. The topological polar surface area (TPSA) is 34.4 Å². The molecule has 5 rings (SSSR count). The average Bonchev–Trinajstić information content (AvgIpc) is 2.68. The number of rotatable bonds is 1. The number of hydrogen-bond acceptors (Lipinski definition) is 2. The first-order valence-corrected chi connectivity index (χ1v) is 8.20. The molecule has 0 amide bonds. The van der Waals surface area contributed by atoms with Gasteiger partial charge in [0.1, 0.15) is 5.65 Å². The molecule has 0 aliphatic carbocycles. The fourth-order valence-electron chi connectivity index (χ4n) is 3.39. The Bertz CT molecular complexity index is 1300. The lowest BCUT2D eigenvalue weighted by Gasteiger charge is -2.10. The van der Waals surface area contributed by atoms with Crippen molar-refractivity contribution in [2.24, 2.45) is 0 Å². The Morgan fingerprint density at radius 2 is 1.52 bits per heavy atom. The van der Waals surface area contributed by atoms with Crippen molar-refractivity contribution in [2.45, 2.75) is 0 Å². The van der Waals surface area contributed by atoms with Crippen LogP contribution in [0.4, 0.5) is 0 Å². The third kappa shape index (κ3) is 2.13. The van der Waals surface area contributed by atoms with E-state index in [0.717, 1.165) is 27.4 Å². The van der Waals surface area contributed by atoms with Crippen molar-refractivity contribution >= 4 is 27.3 Å². The Labute approximate surface area is 143 Å². The second-order valence-corrected chi connectivity index (χ2v) is 6.11. The fraction of sp³-hybridized carbons (Fsp3) is 0. The van der Waals surface area contributed by atoms with Crippen LogP contribution in [0.15, 0.2) is 89.9 Å². The SMILES string of the molecule is O=c1nc2c3ccccc3ccn2c2ccc(-c3ccccc3)cc12. The zero-order chi connectivity index (χ0) is 16.8. The van der Waals surface area contributed by atoms with Crippen molar-refractivity contribution in [3.05, 3.63) is 95.4 Å². The molecule has 3 nitrogen and oxygen atoms in total. The number of fused-ring (bicyclic) bond motifs is 5. The molecule has 2 heterocycles. The van der Waals surface area contributed by atoms with Crippen LogP contribution in [0.3, 0.4) is 0 Å². The summed E-state index contributed by atoms with van der Waals surface area (Å²) in [4.78, 5) is 17.1. The largest absolute Gasteiger partial charge is 0.300 e. The summed E-state index contributed by atoms with van der Waals surface area (Å²) in [6.45, 7) is 0. The van der Waals surface area contributed by atoms with E-state index in [4.69, 9.17) is 0 Å². The summed E-state index contributed by atoms with van der Waals surface area (Å²) >= 11 is 0. The first kappa shape index (κ1) is 13.9. The Balaban J connectivity index is 1.88. The highest BCUT2D eigenvalue weighted by Gasteiger charge is 2.09. The van der Waals surface area contributed by atoms with Gasteiger partial charge in [-0.25, -0.2) is 0 Å². The van der Waals surface area contributed by atoms with Gasteiger partial charge in [0, 0.05) is 11.6 Å². The maximum atomic E-state index is 12.7. The zero-order valence-electron chi connectivity index (χ0n) is 13.4. The Hall–Kier alpha value is -3.46. The van der Waals surface area contributed by atoms with Gasteiger partial charge in [0.05, 0.1) is 10.9 Å². The van der Waals surface area contributed by atoms with Crippen LogP contribution >= 0.6 is 0 Å². The number of nitrogens with zero attached hydrogens (tertiary/aromatic N) is 2. The van der Waals surface area contributed by atoms with Gasteiger partial charge in [-0.2, -0.15) is 4.98 Å². The van der Waals surface area contributed by atoms with Crippen LogP contribution in [0.25, 0.3) is 38.4 Å². The first-order valence-electron chi connectivity index (χ1n) is 8.20. The Morgan fingerprint density at radius 1 is 0.720 bits per heavy atom. The Morgan fingerprint density at radius 3 is 2.40 bits per heavy atom. The van der Waals surface area contributed by atoms with E-state index in [0.29, 0.717) is 11.0 Å². The summed E-state index contributed by atoms with van der Waals surface area (Å²) in [6.07, 6.45) is 1.98. The van der Waals surface area contributed by atoms with Crippen molar-refractivity contribution in [1.29, 1.82) is 0 Å². The van der Waals surface area contributed by atoms with Crippen molar-refractivity contribution in [3.63, 3.8) is 0 Å². The number of aromatic nitrogens is 2. The standard InChI is InChI=1S/C22H14N2O/c25-22-19-14-17(15-6-2-1-3-7-15)10-11-20(19)24-13-12-16-8-4-5-9-18(16)21(24)23-22/h1-14H. The van der Waals surface area contributed by atoms with Crippen LogP contribution in [-0.2, 0) is 0 Å². The minimum absolute atomic E-state index is 0.191. The van der Waals surface area contributed by atoms with E-state index in [1.54, 1.807) is 0 Å². The number of hydrogen-bond donors (Lipinski definition) is 0. The van der Waals surface area contributed by atoms with E-state index in [1.165, 1.54) is 0 Å². The fourth-order valence-corrected chi connectivity index (χ4v) is 3.39. The van der Waals surface area contributed by atoms with Gasteiger partial charge in [-0.1, -0.05) is 60.7 Å². The van der Waals surface area contributed by atoms with Crippen molar-refractivity contribution in [2.75, 3.05) is 0 Å². The quantitative estimate of drug-likeness (QED) is 0.420. The molecule has 0 spiro atoms. The summed E-state index contributed by atoms with van der Waals surface area (Å²) in [5.74, 6) is 0. The van der Waals surface area contributed by atoms with Crippen LogP contribution in [0.5, 0.6) is 0 Å². The lowest BCUT2D eigenvalue weighted by molar-refractivity contribution is 1.15. The molecule has 25 heavy (non-hydrogen) atoms. The first-order chi connectivity index (χ1) is 12.3. The molecular weight excluding hydrogens is 308 g/mol. The lowest BCUT2D eigenvalue weighted by Crippen LogP contribution is -2.11. The number of benzene rings is 3. The maximum absolute atomic E-state index is 12.7. The highest BCUT2D eigenvalue weighted by atomic mass is 16.1. The predicted molar refractivity (Wildman–Crippen MR) is 102 cm³/mol. The van der Waals surface area contributed by atoms with Gasteiger partial charge in [-0.15, -0.1) is 0 Å². The van der Waals surface area contributed by atoms with Gasteiger partial charge >= 0.3 is 0 Å². The van der Waals surface area contributed by atoms with Crippen molar-refractivity contribution < 1.29 is 0 Å². The zero-order valence-corrected chi connectivity index (χ0v) is 13.4. The summed E-state index contributed by atoms with van der Waals surface area (Å²) in [6, 6.07) is 26.1. The van der Waals surface area contributed by atoms with Gasteiger partial charge in [0.15, 0.2) is 0 Å². The molecule has 0 radical (unpaired) electrons. The average molecular weight is 322 g/mol. The molecule has 5 aromatic rings. The molecule has 0 atom stereocenters. The summed E-state index contributed by atoms with van der Waals surface area (Å²) in [5.41, 5.74) is 3.49. The molecule has 0 saturated heterocycles. The molecule has 3 aromatic carbocycles. The molecule has 0 unspecified atom stereocenters. The van der Waals surface area contributed by atoms with Gasteiger partial charge in [-0.05, 0) is 34.7 Å². The van der Waals surface area contributed by atoms with E-state index in [1.807, 2.05) is 77.3 Å².